The Hall–Kier alpha value is -3.10. The van der Waals surface area contributed by atoms with Crippen LogP contribution < -0.4 is 0 Å². The molecular weight excluding hydrogens is 288 g/mol. The molecule has 3 rings (SSSR count). The fraction of sp³-hybridized carbons (Fsp3) is 0.231. The first-order valence-corrected chi connectivity index (χ1v) is 6.48. The minimum absolute atomic E-state index is 0.00413. The van der Waals surface area contributed by atoms with Crippen molar-refractivity contribution in [3.05, 3.63) is 51.8 Å². The topological polar surface area (TPSA) is 113 Å². The van der Waals surface area contributed by atoms with Crippen molar-refractivity contribution in [2.24, 2.45) is 0 Å². The highest BCUT2D eigenvalue weighted by molar-refractivity contribution is 5.45. The van der Waals surface area contributed by atoms with Crippen LogP contribution in [0.3, 0.4) is 0 Å². The number of pyridine rings is 1. The number of rotatable bonds is 4. The van der Waals surface area contributed by atoms with E-state index in [0.717, 1.165) is 0 Å². The molecule has 3 aromatic heterocycles. The highest BCUT2D eigenvalue weighted by atomic mass is 16.6. The third-order valence-electron chi connectivity index (χ3n) is 3.16. The summed E-state index contributed by atoms with van der Waals surface area (Å²) < 4.78 is 7.00. The van der Waals surface area contributed by atoms with E-state index in [0.29, 0.717) is 28.9 Å². The van der Waals surface area contributed by atoms with Gasteiger partial charge in [0.25, 0.3) is 5.89 Å². The van der Waals surface area contributed by atoms with Crippen molar-refractivity contribution in [3.8, 4) is 11.6 Å². The van der Waals surface area contributed by atoms with Gasteiger partial charge in [0.05, 0.1) is 4.92 Å². The van der Waals surface area contributed by atoms with E-state index in [4.69, 9.17) is 4.42 Å². The Morgan fingerprint density at radius 2 is 2.14 bits per heavy atom. The molecular formula is C13H12N6O3. The smallest absolute Gasteiger partial charge is 0.312 e. The fourth-order valence-electron chi connectivity index (χ4n) is 2.14. The molecule has 0 aliphatic carbocycles. The molecule has 9 heteroatoms. The molecule has 0 unspecified atom stereocenters. The lowest BCUT2D eigenvalue weighted by molar-refractivity contribution is -0.386. The van der Waals surface area contributed by atoms with E-state index in [9.17, 15) is 10.1 Å². The molecule has 0 spiro atoms. The van der Waals surface area contributed by atoms with Crippen molar-refractivity contribution in [2.45, 2.75) is 20.4 Å². The molecule has 0 aliphatic rings. The molecule has 0 saturated heterocycles. The quantitative estimate of drug-likeness (QED) is 0.534. The summed E-state index contributed by atoms with van der Waals surface area (Å²) in [5, 5.41) is 23.0. The first-order chi connectivity index (χ1) is 10.6. The Labute approximate surface area is 124 Å². The van der Waals surface area contributed by atoms with Gasteiger partial charge in [-0.3, -0.25) is 19.8 Å². The van der Waals surface area contributed by atoms with E-state index in [1.54, 1.807) is 32.2 Å². The van der Waals surface area contributed by atoms with E-state index in [2.05, 4.69) is 20.3 Å². The number of nitro groups is 1. The van der Waals surface area contributed by atoms with Crippen molar-refractivity contribution < 1.29 is 9.34 Å². The molecule has 0 N–H and O–H groups in total. The Morgan fingerprint density at radius 3 is 2.77 bits per heavy atom. The monoisotopic (exact) mass is 300 g/mol. The van der Waals surface area contributed by atoms with Crippen LogP contribution in [-0.2, 0) is 6.54 Å². The number of nitrogens with zero attached hydrogens (tertiary/aromatic N) is 6. The summed E-state index contributed by atoms with van der Waals surface area (Å²) in [5.74, 6) is 0.604. The zero-order valence-corrected chi connectivity index (χ0v) is 11.9. The average Bonchev–Trinajstić information content (AvgIpc) is 3.06. The standard InChI is InChI=1S/C13H12N6O3/c1-8-12(19(20)21)9(2)18(17-8)7-11-15-16-13(22-11)10-5-3-4-6-14-10/h3-6H,7H2,1-2H3. The Balaban J connectivity index is 1.88. The molecule has 0 saturated carbocycles. The second kappa shape index (κ2) is 5.35. The van der Waals surface area contributed by atoms with Crippen molar-refractivity contribution in [1.29, 1.82) is 0 Å². The van der Waals surface area contributed by atoms with Gasteiger partial charge in [-0.15, -0.1) is 10.2 Å². The molecule has 0 amide bonds. The predicted molar refractivity (Wildman–Crippen MR) is 75.0 cm³/mol. The van der Waals surface area contributed by atoms with Crippen molar-refractivity contribution in [3.63, 3.8) is 0 Å². The minimum atomic E-state index is -0.443. The van der Waals surface area contributed by atoms with Crippen molar-refractivity contribution in [1.82, 2.24) is 25.0 Å². The highest BCUT2D eigenvalue weighted by Crippen LogP contribution is 2.23. The van der Waals surface area contributed by atoms with Gasteiger partial charge in [-0.05, 0) is 26.0 Å². The Kier molecular flexibility index (Phi) is 3.37. The first-order valence-electron chi connectivity index (χ1n) is 6.48. The van der Waals surface area contributed by atoms with Gasteiger partial charge in [0, 0.05) is 6.20 Å². The number of aromatic nitrogens is 5. The lowest BCUT2D eigenvalue weighted by atomic mass is 10.3. The molecule has 3 aromatic rings. The largest absolute Gasteiger partial charge is 0.417 e. The third-order valence-corrected chi connectivity index (χ3v) is 3.16. The average molecular weight is 300 g/mol. The summed E-state index contributed by atoms with van der Waals surface area (Å²) in [5.41, 5.74) is 1.37. The predicted octanol–water partition coefficient (Wildman–Crippen LogP) is 1.90. The summed E-state index contributed by atoms with van der Waals surface area (Å²) in [6.07, 6.45) is 1.63. The summed E-state index contributed by atoms with van der Waals surface area (Å²) >= 11 is 0. The van der Waals surface area contributed by atoms with Gasteiger partial charge in [-0.25, -0.2) is 0 Å². The maximum Gasteiger partial charge on any atom is 0.312 e. The molecule has 0 atom stereocenters. The lowest BCUT2D eigenvalue weighted by Gasteiger charge is -1.98. The number of aryl methyl sites for hydroxylation is 1. The van der Waals surface area contributed by atoms with Crippen molar-refractivity contribution in [2.75, 3.05) is 0 Å². The fourth-order valence-corrected chi connectivity index (χ4v) is 2.14. The lowest BCUT2D eigenvalue weighted by Crippen LogP contribution is -2.04. The van der Waals surface area contributed by atoms with Crippen LogP contribution in [0.5, 0.6) is 0 Å². The summed E-state index contributed by atoms with van der Waals surface area (Å²) in [6, 6.07) is 5.36. The van der Waals surface area contributed by atoms with Gasteiger partial charge >= 0.3 is 5.69 Å². The van der Waals surface area contributed by atoms with E-state index in [1.807, 2.05) is 6.07 Å². The van der Waals surface area contributed by atoms with Gasteiger partial charge in [0.2, 0.25) is 5.89 Å². The van der Waals surface area contributed by atoms with E-state index >= 15 is 0 Å². The molecule has 0 aromatic carbocycles. The van der Waals surface area contributed by atoms with Crippen molar-refractivity contribution >= 4 is 5.69 Å². The van der Waals surface area contributed by atoms with Crippen LogP contribution in [0.1, 0.15) is 17.3 Å². The van der Waals surface area contributed by atoms with Gasteiger partial charge in [0.15, 0.2) is 0 Å². The molecule has 0 aliphatic heterocycles. The molecule has 0 bridgehead atoms. The number of hydrogen-bond donors (Lipinski definition) is 0. The maximum absolute atomic E-state index is 11.0. The zero-order valence-electron chi connectivity index (χ0n) is 11.9. The molecule has 9 nitrogen and oxygen atoms in total. The number of hydrogen-bond acceptors (Lipinski definition) is 7. The summed E-state index contributed by atoms with van der Waals surface area (Å²) in [4.78, 5) is 14.7. The normalized spacial score (nSPS) is 10.8. The van der Waals surface area contributed by atoms with Crippen LogP contribution in [0, 0.1) is 24.0 Å². The Bertz CT molecular complexity index is 824. The van der Waals surface area contributed by atoms with E-state index in [-0.39, 0.29) is 12.2 Å². The van der Waals surface area contributed by atoms with Crippen LogP contribution in [0.4, 0.5) is 5.69 Å². The second-order valence-electron chi connectivity index (χ2n) is 4.65. The molecule has 112 valence electrons. The first kappa shape index (κ1) is 13.9. The second-order valence-corrected chi connectivity index (χ2v) is 4.65. The van der Waals surface area contributed by atoms with Gasteiger partial charge in [-0.2, -0.15) is 5.10 Å². The van der Waals surface area contributed by atoms with Crippen LogP contribution in [-0.4, -0.2) is 29.9 Å². The molecule has 22 heavy (non-hydrogen) atoms. The van der Waals surface area contributed by atoms with Crippen LogP contribution in [0.15, 0.2) is 28.8 Å². The van der Waals surface area contributed by atoms with Gasteiger partial charge < -0.3 is 4.42 Å². The summed E-state index contributed by atoms with van der Waals surface area (Å²) in [7, 11) is 0. The minimum Gasteiger partial charge on any atom is -0.417 e. The van der Waals surface area contributed by atoms with Crippen LogP contribution in [0.2, 0.25) is 0 Å². The highest BCUT2D eigenvalue weighted by Gasteiger charge is 2.22. The molecule has 3 heterocycles. The zero-order chi connectivity index (χ0) is 15.7. The van der Waals surface area contributed by atoms with E-state index in [1.165, 1.54) is 4.68 Å². The van der Waals surface area contributed by atoms with Crippen LogP contribution >= 0.6 is 0 Å². The summed E-state index contributed by atoms with van der Waals surface area (Å²) in [6.45, 7) is 3.39. The van der Waals surface area contributed by atoms with Crippen LogP contribution in [0.25, 0.3) is 11.6 Å². The molecule has 0 radical (unpaired) electrons. The van der Waals surface area contributed by atoms with E-state index < -0.39 is 4.92 Å². The Morgan fingerprint density at radius 1 is 1.32 bits per heavy atom. The SMILES string of the molecule is Cc1nn(Cc2nnc(-c3ccccn3)o2)c(C)c1[N+](=O)[O-]. The van der Waals surface area contributed by atoms with Gasteiger partial charge in [0.1, 0.15) is 23.6 Å². The third kappa shape index (κ3) is 2.43. The maximum atomic E-state index is 11.0. The molecule has 0 fully saturated rings. The van der Waals surface area contributed by atoms with Gasteiger partial charge in [-0.1, -0.05) is 6.07 Å².